The van der Waals surface area contributed by atoms with Gasteiger partial charge >= 0.3 is 0 Å². The zero-order chi connectivity index (χ0) is 18.6. The van der Waals surface area contributed by atoms with Gasteiger partial charge in [0.25, 0.3) is 5.91 Å². The van der Waals surface area contributed by atoms with Gasteiger partial charge in [-0.2, -0.15) is 0 Å². The maximum Gasteiger partial charge on any atom is 0.261 e. The molecule has 0 fully saturated rings. The molecule has 0 heterocycles. The molecule has 0 aromatic heterocycles. The van der Waals surface area contributed by atoms with Crippen LogP contribution in [0.25, 0.3) is 0 Å². The van der Waals surface area contributed by atoms with E-state index < -0.39 is 6.10 Å². The van der Waals surface area contributed by atoms with Gasteiger partial charge in [-0.3, -0.25) is 4.79 Å². The fraction of sp³-hybridized carbons (Fsp3) is 0.409. The van der Waals surface area contributed by atoms with Gasteiger partial charge in [-0.05, 0) is 75.4 Å². The van der Waals surface area contributed by atoms with Gasteiger partial charge in [0.15, 0.2) is 6.10 Å². The topological polar surface area (TPSA) is 38.3 Å². The zero-order valence-electron chi connectivity index (χ0n) is 16.1. The van der Waals surface area contributed by atoms with Crippen molar-refractivity contribution in [2.75, 3.05) is 0 Å². The third kappa shape index (κ3) is 5.09. The summed E-state index contributed by atoms with van der Waals surface area (Å²) in [6, 6.07) is 12.3. The number of hydrogen-bond acceptors (Lipinski definition) is 2. The van der Waals surface area contributed by atoms with Crippen LogP contribution in [0.2, 0.25) is 0 Å². The van der Waals surface area contributed by atoms with Gasteiger partial charge in [-0.15, -0.1) is 0 Å². The first-order valence-electron chi connectivity index (χ1n) is 8.92. The largest absolute Gasteiger partial charge is 0.481 e. The molecule has 0 aliphatic rings. The third-order valence-corrected chi connectivity index (χ3v) is 4.39. The fourth-order valence-corrected chi connectivity index (χ4v) is 3.18. The zero-order valence-corrected chi connectivity index (χ0v) is 16.1. The number of amides is 1. The Morgan fingerprint density at radius 2 is 1.64 bits per heavy atom. The third-order valence-electron chi connectivity index (χ3n) is 4.39. The number of hydrogen-bond donors (Lipinski definition) is 1. The normalized spacial score (nSPS) is 13.2. The molecule has 25 heavy (non-hydrogen) atoms. The average molecular weight is 339 g/mol. The number of benzene rings is 2. The van der Waals surface area contributed by atoms with Crippen molar-refractivity contribution in [1.82, 2.24) is 5.32 Å². The number of ether oxygens (including phenoxy) is 1. The van der Waals surface area contributed by atoms with Crippen molar-refractivity contribution in [3.8, 4) is 5.75 Å². The number of carbonyl (C=O) groups excluding carboxylic acids is 1. The van der Waals surface area contributed by atoms with E-state index in [1.807, 2.05) is 39.8 Å². The minimum atomic E-state index is -0.491. The molecule has 0 aliphatic carbocycles. The van der Waals surface area contributed by atoms with E-state index in [-0.39, 0.29) is 11.9 Å². The Hall–Kier alpha value is -2.29. The maximum atomic E-state index is 12.7. The van der Waals surface area contributed by atoms with Crippen LogP contribution in [0.1, 0.15) is 54.1 Å². The molecule has 0 saturated carbocycles. The lowest BCUT2D eigenvalue weighted by Crippen LogP contribution is -2.39. The van der Waals surface area contributed by atoms with Crippen LogP contribution >= 0.6 is 0 Å². The first kappa shape index (κ1) is 19.0. The number of rotatable bonds is 6. The summed E-state index contributed by atoms with van der Waals surface area (Å²) in [7, 11) is 0. The molecule has 0 bridgehead atoms. The van der Waals surface area contributed by atoms with E-state index in [0.717, 1.165) is 22.4 Å². The predicted molar refractivity (Wildman–Crippen MR) is 103 cm³/mol. The standard InChI is InChI=1S/C22H29NO2/c1-7-21(25-19-12-15(3)10-16(4)13-19)22(24)23-18(6)20-9-8-14(2)11-17(20)5/h8-13,18,21H,7H2,1-6H3,(H,23,24)/t18-,21+/m0/s1. The van der Waals surface area contributed by atoms with Crippen molar-refractivity contribution < 1.29 is 9.53 Å². The van der Waals surface area contributed by atoms with Crippen molar-refractivity contribution in [2.45, 2.75) is 60.1 Å². The van der Waals surface area contributed by atoms with Gasteiger partial charge in [0.2, 0.25) is 0 Å². The highest BCUT2D eigenvalue weighted by Gasteiger charge is 2.21. The van der Waals surface area contributed by atoms with Gasteiger partial charge in [0.05, 0.1) is 6.04 Å². The molecule has 3 heteroatoms. The van der Waals surface area contributed by atoms with Crippen LogP contribution in [-0.4, -0.2) is 12.0 Å². The molecule has 1 amide bonds. The summed E-state index contributed by atoms with van der Waals surface area (Å²) < 4.78 is 5.96. The van der Waals surface area contributed by atoms with E-state index in [1.54, 1.807) is 0 Å². The second kappa shape index (κ2) is 8.19. The van der Waals surface area contributed by atoms with Crippen LogP contribution in [-0.2, 0) is 4.79 Å². The quantitative estimate of drug-likeness (QED) is 0.808. The van der Waals surface area contributed by atoms with E-state index in [2.05, 4.69) is 43.4 Å². The number of nitrogens with one attached hydrogen (secondary N) is 1. The SMILES string of the molecule is CC[C@@H](Oc1cc(C)cc(C)c1)C(=O)N[C@@H](C)c1ccc(C)cc1C. The minimum absolute atomic E-state index is 0.0509. The summed E-state index contributed by atoms with van der Waals surface area (Å²) in [5.41, 5.74) is 5.82. The highest BCUT2D eigenvalue weighted by molar-refractivity contribution is 5.81. The molecule has 1 N–H and O–H groups in total. The summed E-state index contributed by atoms with van der Waals surface area (Å²) >= 11 is 0. The Labute approximate surface area is 151 Å². The molecular weight excluding hydrogens is 310 g/mol. The van der Waals surface area contributed by atoms with Crippen molar-refractivity contribution in [2.24, 2.45) is 0 Å². The number of aryl methyl sites for hydroxylation is 4. The second-order valence-corrected chi connectivity index (χ2v) is 6.93. The molecule has 0 saturated heterocycles. The fourth-order valence-electron chi connectivity index (χ4n) is 3.18. The summed E-state index contributed by atoms with van der Waals surface area (Å²) in [5.74, 6) is 0.674. The lowest BCUT2D eigenvalue weighted by molar-refractivity contribution is -0.128. The second-order valence-electron chi connectivity index (χ2n) is 6.93. The van der Waals surface area contributed by atoms with Gasteiger partial charge in [0, 0.05) is 0 Å². The molecule has 0 unspecified atom stereocenters. The molecule has 2 aromatic carbocycles. The highest BCUT2D eigenvalue weighted by atomic mass is 16.5. The summed E-state index contributed by atoms with van der Waals surface area (Å²) in [5, 5.41) is 3.09. The predicted octanol–water partition coefficient (Wildman–Crippen LogP) is 4.96. The maximum absolute atomic E-state index is 12.7. The molecule has 2 rings (SSSR count). The Bertz CT molecular complexity index is 731. The van der Waals surface area contributed by atoms with Gasteiger partial charge < -0.3 is 10.1 Å². The van der Waals surface area contributed by atoms with Crippen molar-refractivity contribution >= 4 is 5.91 Å². The first-order valence-corrected chi connectivity index (χ1v) is 8.92. The molecule has 3 nitrogen and oxygen atoms in total. The smallest absolute Gasteiger partial charge is 0.261 e. The van der Waals surface area contributed by atoms with Crippen LogP contribution in [0.3, 0.4) is 0 Å². The molecule has 0 spiro atoms. The summed E-state index contributed by atoms with van der Waals surface area (Å²) in [6.45, 7) is 12.2. The van der Waals surface area contributed by atoms with Crippen molar-refractivity contribution in [3.63, 3.8) is 0 Å². The Kier molecular flexibility index (Phi) is 6.24. The lowest BCUT2D eigenvalue weighted by atomic mass is 10.00. The first-order chi connectivity index (χ1) is 11.8. The van der Waals surface area contributed by atoms with Crippen LogP contribution < -0.4 is 10.1 Å². The van der Waals surface area contributed by atoms with Crippen LogP contribution in [0.4, 0.5) is 0 Å². The van der Waals surface area contributed by atoms with Gasteiger partial charge in [0.1, 0.15) is 5.75 Å². The summed E-state index contributed by atoms with van der Waals surface area (Å²) in [4.78, 5) is 12.7. The van der Waals surface area contributed by atoms with Crippen LogP contribution in [0.15, 0.2) is 36.4 Å². The lowest BCUT2D eigenvalue weighted by Gasteiger charge is -2.22. The van der Waals surface area contributed by atoms with E-state index in [9.17, 15) is 4.79 Å². The molecule has 0 aliphatic heterocycles. The Balaban J connectivity index is 2.08. The Morgan fingerprint density at radius 3 is 2.20 bits per heavy atom. The highest BCUT2D eigenvalue weighted by Crippen LogP contribution is 2.21. The monoisotopic (exact) mass is 339 g/mol. The number of carbonyl (C=O) groups is 1. The van der Waals surface area contributed by atoms with Crippen molar-refractivity contribution in [1.29, 1.82) is 0 Å². The molecule has 2 atom stereocenters. The van der Waals surface area contributed by atoms with E-state index in [1.165, 1.54) is 11.1 Å². The molecule has 0 radical (unpaired) electrons. The Morgan fingerprint density at radius 1 is 1.00 bits per heavy atom. The van der Waals surface area contributed by atoms with E-state index in [0.29, 0.717) is 6.42 Å². The van der Waals surface area contributed by atoms with Crippen LogP contribution in [0, 0.1) is 27.7 Å². The molecule has 134 valence electrons. The van der Waals surface area contributed by atoms with Gasteiger partial charge in [-0.25, -0.2) is 0 Å². The van der Waals surface area contributed by atoms with Crippen LogP contribution in [0.5, 0.6) is 5.75 Å². The van der Waals surface area contributed by atoms with E-state index >= 15 is 0 Å². The van der Waals surface area contributed by atoms with Gasteiger partial charge in [-0.1, -0.05) is 36.8 Å². The summed E-state index contributed by atoms with van der Waals surface area (Å²) in [6.07, 6.45) is 0.132. The molecular formula is C22H29NO2. The average Bonchev–Trinajstić information content (AvgIpc) is 2.51. The molecule has 2 aromatic rings. The van der Waals surface area contributed by atoms with Crippen molar-refractivity contribution in [3.05, 3.63) is 64.2 Å². The minimum Gasteiger partial charge on any atom is -0.481 e. The van der Waals surface area contributed by atoms with E-state index in [4.69, 9.17) is 4.74 Å².